The molecule has 0 aliphatic rings. The van der Waals surface area contributed by atoms with Crippen molar-refractivity contribution in [2.24, 2.45) is 0 Å². The lowest BCUT2D eigenvalue weighted by molar-refractivity contribution is 0.505. The van der Waals surface area contributed by atoms with Crippen LogP contribution in [0.4, 0.5) is 4.39 Å². The van der Waals surface area contributed by atoms with Crippen LogP contribution < -0.4 is 0 Å². The molecule has 24 heavy (non-hydrogen) atoms. The van der Waals surface area contributed by atoms with Crippen molar-refractivity contribution in [3.05, 3.63) is 71.5 Å². The average molecular weight is 347 g/mol. The monoisotopic (exact) mass is 347 g/mol. The van der Waals surface area contributed by atoms with Crippen LogP contribution >= 0.6 is 0 Å². The van der Waals surface area contributed by atoms with Gasteiger partial charge in [0.2, 0.25) is 10.0 Å². The van der Waals surface area contributed by atoms with Gasteiger partial charge in [0.15, 0.2) is 0 Å². The molecule has 2 rings (SSSR count). The van der Waals surface area contributed by atoms with Crippen LogP contribution in [0.2, 0.25) is 0 Å². The van der Waals surface area contributed by atoms with Crippen LogP contribution in [-0.2, 0) is 10.0 Å². The first kappa shape index (κ1) is 18.2. The lowest BCUT2D eigenvalue weighted by atomic mass is 10.1. The van der Waals surface area contributed by atoms with Gasteiger partial charge < -0.3 is 0 Å². The van der Waals surface area contributed by atoms with Gasteiger partial charge in [-0.2, -0.15) is 0 Å². The van der Waals surface area contributed by atoms with Crippen LogP contribution in [0.1, 0.15) is 30.9 Å². The minimum atomic E-state index is -3.44. The molecular formula is C19H22FNO2S. The summed E-state index contributed by atoms with van der Waals surface area (Å²) in [7, 11) is -3.44. The highest BCUT2D eigenvalue weighted by molar-refractivity contribution is 7.88. The van der Waals surface area contributed by atoms with Crippen molar-refractivity contribution in [2.75, 3.05) is 12.8 Å². The molecule has 2 aromatic carbocycles. The maximum Gasteiger partial charge on any atom is 0.232 e. The van der Waals surface area contributed by atoms with Gasteiger partial charge >= 0.3 is 0 Å². The van der Waals surface area contributed by atoms with E-state index in [1.807, 2.05) is 43.3 Å². The molecule has 0 aliphatic heterocycles. The Hall–Kier alpha value is -2.14. The predicted molar refractivity (Wildman–Crippen MR) is 97.2 cm³/mol. The lowest BCUT2D eigenvalue weighted by Crippen LogP contribution is -2.29. The minimum absolute atomic E-state index is 0.350. The van der Waals surface area contributed by atoms with Crippen molar-refractivity contribution in [3.8, 4) is 0 Å². The Kier molecular flexibility index (Phi) is 6.15. The van der Waals surface area contributed by atoms with Gasteiger partial charge in [-0.1, -0.05) is 43.7 Å². The first-order valence-electron chi connectivity index (χ1n) is 7.92. The molecule has 0 amide bonds. The van der Waals surface area contributed by atoms with Crippen LogP contribution in [0.5, 0.6) is 0 Å². The van der Waals surface area contributed by atoms with Crippen LogP contribution in [0, 0.1) is 5.82 Å². The standard InChI is InChI=1S/C19H22FNO2S/c1-3-4-14-21(24(2,22)23)19(15-16-8-6-5-7-9-16)17-10-12-18(20)13-11-17/h5-13,15H,3-4,14H2,1-2H3/b19-15+. The van der Waals surface area contributed by atoms with E-state index in [-0.39, 0.29) is 5.82 Å². The fraction of sp³-hybridized carbons (Fsp3) is 0.263. The Morgan fingerprint density at radius 1 is 1.08 bits per heavy atom. The lowest BCUT2D eigenvalue weighted by Gasteiger charge is -2.25. The third-order valence-corrected chi connectivity index (χ3v) is 4.81. The van der Waals surface area contributed by atoms with E-state index in [9.17, 15) is 12.8 Å². The average Bonchev–Trinajstić information content (AvgIpc) is 2.55. The molecule has 0 saturated carbocycles. The highest BCUT2D eigenvalue weighted by Gasteiger charge is 2.20. The third-order valence-electron chi connectivity index (χ3n) is 3.63. The summed E-state index contributed by atoms with van der Waals surface area (Å²) >= 11 is 0. The van der Waals surface area contributed by atoms with Crippen molar-refractivity contribution in [1.29, 1.82) is 0 Å². The fourth-order valence-electron chi connectivity index (χ4n) is 2.39. The molecule has 0 bridgehead atoms. The Morgan fingerprint density at radius 2 is 1.71 bits per heavy atom. The molecule has 0 aromatic heterocycles. The van der Waals surface area contributed by atoms with Gasteiger partial charge in [0.1, 0.15) is 5.82 Å². The number of nitrogens with zero attached hydrogens (tertiary/aromatic N) is 1. The number of sulfonamides is 1. The van der Waals surface area contributed by atoms with E-state index in [0.717, 1.165) is 18.4 Å². The largest absolute Gasteiger partial charge is 0.270 e. The van der Waals surface area contributed by atoms with Crippen molar-refractivity contribution in [1.82, 2.24) is 4.31 Å². The molecule has 128 valence electrons. The van der Waals surface area contributed by atoms with E-state index in [1.165, 1.54) is 22.7 Å². The molecule has 0 saturated heterocycles. The van der Waals surface area contributed by atoms with Crippen LogP contribution in [0.3, 0.4) is 0 Å². The molecule has 3 nitrogen and oxygen atoms in total. The molecule has 0 aliphatic carbocycles. The number of rotatable bonds is 7. The van der Waals surface area contributed by atoms with Gasteiger partial charge in [0.25, 0.3) is 0 Å². The topological polar surface area (TPSA) is 37.4 Å². The van der Waals surface area contributed by atoms with E-state index in [1.54, 1.807) is 12.1 Å². The van der Waals surface area contributed by atoms with E-state index in [4.69, 9.17) is 0 Å². The summed E-state index contributed by atoms with van der Waals surface area (Å²) in [5, 5.41) is 0. The normalized spacial score (nSPS) is 12.2. The maximum atomic E-state index is 13.3. The van der Waals surface area contributed by atoms with Crippen LogP contribution in [-0.4, -0.2) is 25.5 Å². The summed E-state index contributed by atoms with van der Waals surface area (Å²) in [6, 6.07) is 15.4. The Labute approximate surface area is 143 Å². The second-order valence-corrected chi connectivity index (χ2v) is 7.54. The summed E-state index contributed by atoms with van der Waals surface area (Å²) in [5.41, 5.74) is 2.11. The second kappa shape index (κ2) is 8.11. The second-order valence-electron chi connectivity index (χ2n) is 5.64. The van der Waals surface area contributed by atoms with E-state index >= 15 is 0 Å². The zero-order valence-corrected chi connectivity index (χ0v) is 14.8. The van der Waals surface area contributed by atoms with Crippen LogP contribution in [0.15, 0.2) is 54.6 Å². The Morgan fingerprint density at radius 3 is 2.25 bits per heavy atom. The molecule has 0 N–H and O–H groups in total. The zero-order valence-electron chi connectivity index (χ0n) is 13.9. The first-order chi connectivity index (χ1) is 11.4. The predicted octanol–water partition coefficient (Wildman–Crippen LogP) is 4.39. The number of unbranched alkanes of at least 4 members (excludes halogenated alkanes) is 1. The quantitative estimate of drug-likeness (QED) is 0.697. The SMILES string of the molecule is CCCCN(/C(=C/c1ccccc1)c1ccc(F)cc1)S(C)(=O)=O. The maximum absolute atomic E-state index is 13.3. The Balaban J connectivity index is 2.56. The van der Waals surface area contributed by atoms with E-state index < -0.39 is 10.0 Å². The number of hydrogen-bond acceptors (Lipinski definition) is 2. The van der Waals surface area contributed by atoms with Crippen molar-refractivity contribution in [3.63, 3.8) is 0 Å². The number of halogens is 1. The summed E-state index contributed by atoms with van der Waals surface area (Å²) in [4.78, 5) is 0. The Bertz CT molecular complexity index is 784. The summed E-state index contributed by atoms with van der Waals surface area (Å²) < 4.78 is 39.3. The molecule has 5 heteroatoms. The van der Waals surface area contributed by atoms with E-state index in [2.05, 4.69) is 0 Å². The molecule has 0 radical (unpaired) electrons. The summed E-state index contributed by atoms with van der Waals surface area (Å²) in [6.07, 6.45) is 4.66. The molecular weight excluding hydrogens is 325 g/mol. The van der Waals surface area contributed by atoms with Gasteiger partial charge in [-0.25, -0.2) is 12.8 Å². The number of hydrogen-bond donors (Lipinski definition) is 0. The zero-order chi connectivity index (χ0) is 17.6. The van der Waals surface area contributed by atoms with Gasteiger partial charge in [0, 0.05) is 6.54 Å². The third kappa shape index (κ3) is 4.93. The van der Waals surface area contributed by atoms with Gasteiger partial charge in [0.05, 0.1) is 12.0 Å². The smallest absolute Gasteiger partial charge is 0.232 e. The number of benzene rings is 2. The molecule has 0 atom stereocenters. The highest BCUT2D eigenvalue weighted by atomic mass is 32.2. The summed E-state index contributed by atoms with van der Waals surface area (Å²) in [5.74, 6) is -0.350. The van der Waals surface area contributed by atoms with Gasteiger partial charge in [-0.3, -0.25) is 4.31 Å². The molecule has 0 unspecified atom stereocenters. The molecule has 0 fully saturated rings. The van der Waals surface area contributed by atoms with Crippen LogP contribution in [0.25, 0.3) is 11.8 Å². The van der Waals surface area contributed by atoms with Crippen molar-refractivity contribution >= 4 is 21.8 Å². The molecule has 0 heterocycles. The summed E-state index contributed by atoms with van der Waals surface area (Å²) in [6.45, 7) is 2.41. The fourth-order valence-corrected chi connectivity index (χ4v) is 3.37. The van der Waals surface area contributed by atoms with Gasteiger partial charge in [-0.05, 0) is 47.9 Å². The highest BCUT2D eigenvalue weighted by Crippen LogP contribution is 2.26. The van der Waals surface area contributed by atoms with E-state index in [0.29, 0.717) is 17.8 Å². The van der Waals surface area contributed by atoms with Crippen molar-refractivity contribution < 1.29 is 12.8 Å². The van der Waals surface area contributed by atoms with Gasteiger partial charge in [-0.15, -0.1) is 0 Å². The minimum Gasteiger partial charge on any atom is -0.270 e. The first-order valence-corrected chi connectivity index (χ1v) is 9.77. The van der Waals surface area contributed by atoms with Crippen molar-refractivity contribution in [2.45, 2.75) is 19.8 Å². The molecule has 2 aromatic rings. The molecule has 0 spiro atoms.